The van der Waals surface area contributed by atoms with Gasteiger partial charge in [-0.2, -0.15) is 9.78 Å². The van der Waals surface area contributed by atoms with Gasteiger partial charge >= 0.3 is 0 Å². The van der Waals surface area contributed by atoms with Gasteiger partial charge in [-0.3, -0.25) is 4.79 Å². The molecular weight excluding hydrogens is 610 g/mol. The summed E-state index contributed by atoms with van der Waals surface area (Å²) in [6.07, 6.45) is 4.04. The molecule has 0 atom stereocenters. The van der Waals surface area contributed by atoms with Crippen LogP contribution < -0.4 is 15.0 Å². The summed E-state index contributed by atoms with van der Waals surface area (Å²) in [5, 5.41) is 5.50. The maximum absolute atomic E-state index is 13.4. The SMILES string of the molecule is CCCCc1nc2ccc(Br)cc2c(=O)n1N=Cc1cc(Cl)cc(OC)c1OCc1ccc(Br)cc1. The number of benzene rings is 3. The molecule has 0 spiro atoms. The van der Waals surface area contributed by atoms with E-state index in [1.54, 1.807) is 31.5 Å². The number of hydrogen-bond acceptors (Lipinski definition) is 5. The summed E-state index contributed by atoms with van der Waals surface area (Å²) in [6, 6.07) is 16.7. The average Bonchev–Trinajstić information content (AvgIpc) is 2.87. The molecule has 0 saturated carbocycles. The first-order chi connectivity index (χ1) is 17.4. The minimum absolute atomic E-state index is 0.241. The van der Waals surface area contributed by atoms with Crippen molar-refractivity contribution in [1.29, 1.82) is 0 Å². The van der Waals surface area contributed by atoms with Crippen LogP contribution in [0.3, 0.4) is 0 Å². The van der Waals surface area contributed by atoms with E-state index in [1.165, 1.54) is 4.68 Å². The third kappa shape index (κ3) is 6.17. The molecule has 0 radical (unpaired) electrons. The second-order valence-electron chi connectivity index (χ2n) is 8.10. The van der Waals surface area contributed by atoms with Crippen LogP contribution in [0.15, 0.2) is 73.4 Å². The number of nitrogens with zero attached hydrogens (tertiary/aromatic N) is 3. The zero-order valence-corrected chi connectivity index (χ0v) is 23.7. The molecular formula is C27H24Br2ClN3O3. The molecule has 4 aromatic rings. The fraction of sp³-hybridized carbons (Fsp3) is 0.222. The molecule has 0 aliphatic carbocycles. The molecule has 0 aliphatic rings. The van der Waals surface area contributed by atoms with Gasteiger partial charge in [-0.05, 0) is 48.4 Å². The zero-order valence-electron chi connectivity index (χ0n) is 19.8. The quantitative estimate of drug-likeness (QED) is 0.180. The van der Waals surface area contributed by atoms with E-state index in [2.05, 4.69) is 43.9 Å². The Morgan fingerprint density at radius 2 is 1.83 bits per heavy atom. The highest BCUT2D eigenvalue weighted by molar-refractivity contribution is 9.10. The Kier molecular flexibility index (Phi) is 8.82. The lowest BCUT2D eigenvalue weighted by atomic mass is 10.2. The maximum atomic E-state index is 13.4. The monoisotopic (exact) mass is 631 g/mol. The first-order valence-corrected chi connectivity index (χ1v) is 13.4. The van der Waals surface area contributed by atoms with Crippen LogP contribution in [0.1, 0.15) is 36.7 Å². The topological polar surface area (TPSA) is 65.7 Å². The number of aromatic nitrogens is 2. The van der Waals surface area contributed by atoms with Gasteiger partial charge in [0.25, 0.3) is 5.56 Å². The Bertz CT molecular complexity index is 1470. The Balaban J connectivity index is 1.77. The molecule has 0 bridgehead atoms. The van der Waals surface area contributed by atoms with Crippen LogP contribution in [-0.4, -0.2) is 23.0 Å². The Morgan fingerprint density at radius 1 is 1.08 bits per heavy atom. The van der Waals surface area contributed by atoms with Crippen LogP contribution >= 0.6 is 43.5 Å². The van der Waals surface area contributed by atoms with Crippen LogP contribution in [0.4, 0.5) is 0 Å². The highest BCUT2D eigenvalue weighted by atomic mass is 79.9. The van der Waals surface area contributed by atoms with Crippen LogP contribution in [0, 0.1) is 0 Å². The second kappa shape index (κ2) is 12.0. The summed E-state index contributed by atoms with van der Waals surface area (Å²) < 4.78 is 14.8. The summed E-state index contributed by atoms with van der Waals surface area (Å²) in [6.45, 7) is 2.41. The molecule has 36 heavy (non-hydrogen) atoms. The van der Waals surface area contributed by atoms with Crippen molar-refractivity contribution in [3.63, 3.8) is 0 Å². The van der Waals surface area contributed by atoms with Gasteiger partial charge in [0, 0.05) is 32.0 Å². The van der Waals surface area contributed by atoms with Crippen LogP contribution in [0.2, 0.25) is 5.02 Å². The van der Waals surface area contributed by atoms with E-state index in [0.29, 0.717) is 51.8 Å². The molecule has 4 rings (SSSR count). The van der Waals surface area contributed by atoms with Gasteiger partial charge in [-0.1, -0.05) is 68.9 Å². The predicted octanol–water partition coefficient (Wildman–Crippen LogP) is 7.39. The lowest BCUT2D eigenvalue weighted by Crippen LogP contribution is -2.22. The van der Waals surface area contributed by atoms with Gasteiger partial charge in [0.1, 0.15) is 12.4 Å². The van der Waals surface area contributed by atoms with Crippen LogP contribution in [0.5, 0.6) is 11.5 Å². The number of halogens is 3. The first kappa shape index (κ1) is 26.4. The van der Waals surface area contributed by atoms with E-state index in [9.17, 15) is 4.79 Å². The van der Waals surface area contributed by atoms with E-state index in [-0.39, 0.29) is 5.56 Å². The molecule has 0 aliphatic heterocycles. The molecule has 1 heterocycles. The van der Waals surface area contributed by atoms with E-state index in [4.69, 9.17) is 26.1 Å². The minimum atomic E-state index is -0.241. The van der Waals surface area contributed by atoms with Crippen molar-refractivity contribution in [2.75, 3.05) is 7.11 Å². The van der Waals surface area contributed by atoms with Gasteiger partial charge in [0.2, 0.25) is 0 Å². The standard InChI is InChI=1S/C27H24Br2ClN3O3/c1-3-4-5-25-32-23-11-10-20(29)13-22(23)27(34)33(25)31-15-18-12-21(30)14-24(35-2)26(18)36-16-17-6-8-19(28)9-7-17/h6-15H,3-5,16H2,1-2H3. The molecule has 0 unspecified atom stereocenters. The predicted molar refractivity (Wildman–Crippen MR) is 152 cm³/mol. The Hall–Kier alpha value is -2.68. The minimum Gasteiger partial charge on any atom is -0.493 e. The summed E-state index contributed by atoms with van der Waals surface area (Å²) in [4.78, 5) is 18.1. The second-order valence-corrected chi connectivity index (χ2v) is 10.4. The average molecular weight is 634 g/mol. The van der Waals surface area contributed by atoms with Crippen LogP contribution in [0.25, 0.3) is 10.9 Å². The van der Waals surface area contributed by atoms with Gasteiger partial charge in [-0.15, -0.1) is 0 Å². The Morgan fingerprint density at radius 3 is 2.56 bits per heavy atom. The van der Waals surface area contributed by atoms with Crippen molar-refractivity contribution >= 4 is 60.6 Å². The number of aryl methyl sites for hydroxylation is 1. The molecule has 186 valence electrons. The lowest BCUT2D eigenvalue weighted by molar-refractivity contribution is 0.284. The van der Waals surface area contributed by atoms with E-state index < -0.39 is 0 Å². The third-order valence-corrected chi connectivity index (χ3v) is 6.75. The molecule has 6 nitrogen and oxygen atoms in total. The van der Waals surface area contributed by atoms with E-state index in [0.717, 1.165) is 27.4 Å². The van der Waals surface area contributed by atoms with Gasteiger partial charge in [0.05, 0.1) is 24.2 Å². The molecule has 1 aromatic heterocycles. The molecule has 0 amide bonds. The highest BCUT2D eigenvalue weighted by Crippen LogP contribution is 2.34. The number of hydrogen-bond donors (Lipinski definition) is 0. The van der Waals surface area contributed by atoms with Crippen LogP contribution in [-0.2, 0) is 13.0 Å². The van der Waals surface area contributed by atoms with Crippen molar-refractivity contribution in [2.24, 2.45) is 5.10 Å². The highest BCUT2D eigenvalue weighted by Gasteiger charge is 2.14. The largest absolute Gasteiger partial charge is 0.493 e. The van der Waals surface area contributed by atoms with Crippen molar-refractivity contribution in [1.82, 2.24) is 9.66 Å². The number of ether oxygens (including phenoxy) is 2. The lowest BCUT2D eigenvalue weighted by Gasteiger charge is -2.14. The van der Waals surface area contributed by atoms with Crippen molar-refractivity contribution in [3.05, 3.63) is 95.9 Å². The van der Waals surface area contributed by atoms with Gasteiger partial charge < -0.3 is 9.47 Å². The summed E-state index contributed by atoms with van der Waals surface area (Å²) >= 11 is 13.2. The third-order valence-electron chi connectivity index (χ3n) is 5.51. The number of unbranched alkanes of at least 4 members (excludes halogenated alkanes) is 1. The first-order valence-electron chi connectivity index (χ1n) is 11.4. The maximum Gasteiger partial charge on any atom is 0.282 e. The molecule has 0 N–H and O–H groups in total. The smallest absolute Gasteiger partial charge is 0.282 e. The van der Waals surface area contributed by atoms with Crippen molar-refractivity contribution < 1.29 is 9.47 Å². The number of fused-ring (bicyclic) bond motifs is 1. The molecule has 3 aromatic carbocycles. The number of rotatable bonds is 9. The summed E-state index contributed by atoms with van der Waals surface area (Å²) in [5.41, 5.74) is 1.97. The fourth-order valence-electron chi connectivity index (χ4n) is 3.66. The fourth-order valence-corrected chi connectivity index (χ4v) is 4.50. The van der Waals surface area contributed by atoms with E-state index >= 15 is 0 Å². The van der Waals surface area contributed by atoms with Crippen molar-refractivity contribution in [2.45, 2.75) is 32.8 Å². The molecule has 0 fully saturated rings. The molecule has 9 heteroatoms. The van der Waals surface area contributed by atoms with E-state index in [1.807, 2.05) is 36.4 Å². The summed E-state index contributed by atoms with van der Waals surface area (Å²) in [5.74, 6) is 1.55. The zero-order chi connectivity index (χ0) is 25.7. The molecule has 0 saturated heterocycles. The number of methoxy groups -OCH3 is 1. The van der Waals surface area contributed by atoms with Gasteiger partial charge in [0.15, 0.2) is 11.5 Å². The van der Waals surface area contributed by atoms with Gasteiger partial charge in [-0.25, -0.2) is 4.98 Å². The Labute approximate surface area is 231 Å². The summed E-state index contributed by atoms with van der Waals surface area (Å²) in [7, 11) is 1.55. The normalized spacial score (nSPS) is 11.4. The van der Waals surface area contributed by atoms with Crippen molar-refractivity contribution in [3.8, 4) is 11.5 Å².